The van der Waals surface area contributed by atoms with Crippen molar-refractivity contribution in [1.82, 2.24) is 10.2 Å². The molecule has 17 heavy (non-hydrogen) atoms. The molecule has 1 saturated heterocycles. The van der Waals surface area contributed by atoms with Crippen molar-refractivity contribution < 1.29 is 0 Å². The molecule has 102 valence electrons. The normalized spacial score (nSPS) is 29.5. The molecule has 1 rings (SSSR count). The summed E-state index contributed by atoms with van der Waals surface area (Å²) in [5, 5.41) is 3.68. The fraction of sp³-hybridized carbons (Fsp3) is 1.00. The lowest BCUT2D eigenvalue weighted by atomic mass is 9.98. The topological polar surface area (TPSA) is 15.3 Å². The molecule has 0 radical (unpaired) electrons. The fourth-order valence-electron chi connectivity index (χ4n) is 3.11. The Morgan fingerprint density at radius 2 is 1.94 bits per heavy atom. The summed E-state index contributed by atoms with van der Waals surface area (Å²) in [6.45, 7) is 14.0. The molecule has 4 unspecified atom stereocenters. The highest BCUT2D eigenvalue weighted by Gasteiger charge is 2.31. The fourth-order valence-corrected chi connectivity index (χ4v) is 3.11. The maximum absolute atomic E-state index is 3.68. The quantitative estimate of drug-likeness (QED) is 0.735. The molecule has 2 heteroatoms. The van der Waals surface area contributed by atoms with Gasteiger partial charge in [-0.1, -0.05) is 34.1 Å². The van der Waals surface area contributed by atoms with Gasteiger partial charge in [-0.3, -0.25) is 4.90 Å². The standard InChI is InChI=1S/C15H32N2/c1-6-12(4)15(16-8-3)11-17-13(5)9-10-14(17)7-2/h12-16H,6-11H2,1-5H3. The van der Waals surface area contributed by atoms with Gasteiger partial charge in [0.25, 0.3) is 0 Å². The van der Waals surface area contributed by atoms with Gasteiger partial charge in [0.15, 0.2) is 0 Å². The zero-order valence-electron chi connectivity index (χ0n) is 12.5. The van der Waals surface area contributed by atoms with Crippen molar-refractivity contribution in [3.05, 3.63) is 0 Å². The minimum absolute atomic E-state index is 0.666. The van der Waals surface area contributed by atoms with Gasteiger partial charge in [0.2, 0.25) is 0 Å². The smallest absolute Gasteiger partial charge is 0.0220 e. The first-order valence-electron chi connectivity index (χ1n) is 7.63. The second kappa shape index (κ2) is 7.38. The second-order valence-electron chi connectivity index (χ2n) is 5.73. The van der Waals surface area contributed by atoms with Crippen molar-refractivity contribution in [3.63, 3.8) is 0 Å². The summed E-state index contributed by atoms with van der Waals surface area (Å²) >= 11 is 0. The molecule has 2 nitrogen and oxygen atoms in total. The van der Waals surface area contributed by atoms with Crippen LogP contribution in [0, 0.1) is 5.92 Å². The van der Waals surface area contributed by atoms with Gasteiger partial charge in [-0.05, 0) is 38.6 Å². The number of hydrogen-bond acceptors (Lipinski definition) is 2. The van der Waals surface area contributed by atoms with E-state index in [-0.39, 0.29) is 0 Å². The van der Waals surface area contributed by atoms with Crippen molar-refractivity contribution in [3.8, 4) is 0 Å². The Kier molecular flexibility index (Phi) is 6.50. The highest BCUT2D eigenvalue weighted by molar-refractivity contribution is 4.88. The third kappa shape index (κ3) is 3.96. The van der Waals surface area contributed by atoms with Gasteiger partial charge >= 0.3 is 0 Å². The molecule has 1 fully saturated rings. The molecule has 1 N–H and O–H groups in total. The molecule has 0 amide bonds. The molecule has 4 atom stereocenters. The van der Waals surface area contributed by atoms with E-state index in [0.717, 1.165) is 24.5 Å². The van der Waals surface area contributed by atoms with Crippen molar-refractivity contribution in [2.75, 3.05) is 13.1 Å². The summed E-state index contributed by atoms with van der Waals surface area (Å²) in [6.07, 6.45) is 5.37. The van der Waals surface area contributed by atoms with E-state index < -0.39 is 0 Å². The van der Waals surface area contributed by atoms with Crippen LogP contribution in [0.1, 0.15) is 60.3 Å². The summed E-state index contributed by atoms with van der Waals surface area (Å²) in [5.74, 6) is 0.778. The molecular formula is C15H32N2. The molecule has 1 aliphatic rings. The molecule has 0 bridgehead atoms. The van der Waals surface area contributed by atoms with E-state index in [0.29, 0.717) is 6.04 Å². The Labute approximate surface area is 108 Å². The Morgan fingerprint density at radius 3 is 2.47 bits per heavy atom. The van der Waals surface area contributed by atoms with Crippen molar-refractivity contribution in [1.29, 1.82) is 0 Å². The lowest BCUT2D eigenvalue weighted by Crippen LogP contribution is -2.48. The molecule has 0 saturated carbocycles. The third-order valence-electron chi connectivity index (χ3n) is 4.63. The number of rotatable bonds is 7. The maximum atomic E-state index is 3.68. The Morgan fingerprint density at radius 1 is 1.24 bits per heavy atom. The highest BCUT2D eigenvalue weighted by atomic mass is 15.2. The van der Waals surface area contributed by atoms with E-state index >= 15 is 0 Å². The zero-order chi connectivity index (χ0) is 12.8. The Bertz CT molecular complexity index is 205. The summed E-state index contributed by atoms with van der Waals surface area (Å²) in [4.78, 5) is 2.75. The third-order valence-corrected chi connectivity index (χ3v) is 4.63. The van der Waals surface area contributed by atoms with Crippen LogP contribution < -0.4 is 5.32 Å². The first-order valence-corrected chi connectivity index (χ1v) is 7.63. The molecule has 1 heterocycles. The molecule has 0 aromatic heterocycles. The van der Waals surface area contributed by atoms with Crippen LogP contribution in [-0.4, -0.2) is 36.1 Å². The van der Waals surface area contributed by atoms with Gasteiger partial charge in [0.05, 0.1) is 0 Å². The van der Waals surface area contributed by atoms with Crippen molar-refractivity contribution in [2.45, 2.75) is 78.4 Å². The molecule has 0 aromatic carbocycles. The van der Waals surface area contributed by atoms with Crippen LogP contribution in [0.25, 0.3) is 0 Å². The molecule has 1 aliphatic heterocycles. The van der Waals surface area contributed by atoms with E-state index in [2.05, 4.69) is 44.8 Å². The predicted molar refractivity (Wildman–Crippen MR) is 76.4 cm³/mol. The van der Waals surface area contributed by atoms with E-state index in [1.165, 1.54) is 32.2 Å². The van der Waals surface area contributed by atoms with Crippen molar-refractivity contribution in [2.24, 2.45) is 5.92 Å². The molecule has 0 aromatic rings. The van der Waals surface area contributed by atoms with Crippen LogP contribution in [0.15, 0.2) is 0 Å². The SMILES string of the molecule is CCNC(CN1C(C)CCC1CC)C(C)CC. The number of likely N-dealkylation sites (N-methyl/N-ethyl adjacent to an activating group) is 1. The molecular weight excluding hydrogens is 208 g/mol. The van der Waals surface area contributed by atoms with Gasteiger partial charge in [0.1, 0.15) is 0 Å². The first-order chi connectivity index (χ1) is 8.13. The van der Waals surface area contributed by atoms with Gasteiger partial charge < -0.3 is 5.32 Å². The molecule has 0 aliphatic carbocycles. The van der Waals surface area contributed by atoms with Crippen LogP contribution in [0.5, 0.6) is 0 Å². The van der Waals surface area contributed by atoms with Crippen LogP contribution in [-0.2, 0) is 0 Å². The predicted octanol–water partition coefficient (Wildman–Crippen LogP) is 3.27. The average molecular weight is 240 g/mol. The minimum atomic E-state index is 0.666. The lowest BCUT2D eigenvalue weighted by Gasteiger charge is -2.34. The van der Waals surface area contributed by atoms with E-state index in [1.54, 1.807) is 0 Å². The maximum Gasteiger partial charge on any atom is 0.0220 e. The largest absolute Gasteiger partial charge is 0.313 e. The number of nitrogens with zero attached hydrogens (tertiary/aromatic N) is 1. The van der Waals surface area contributed by atoms with Crippen LogP contribution in [0.4, 0.5) is 0 Å². The van der Waals surface area contributed by atoms with Crippen LogP contribution >= 0.6 is 0 Å². The summed E-state index contributed by atoms with van der Waals surface area (Å²) < 4.78 is 0. The van der Waals surface area contributed by atoms with Gasteiger partial charge in [0, 0.05) is 24.7 Å². The first kappa shape index (κ1) is 15.0. The summed E-state index contributed by atoms with van der Waals surface area (Å²) in [5.41, 5.74) is 0. The Hall–Kier alpha value is -0.0800. The van der Waals surface area contributed by atoms with Crippen molar-refractivity contribution >= 4 is 0 Å². The highest BCUT2D eigenvalue weighted by Crippen LogP contribution is 2.27. The van der Waals surface area contributed by atoms with Gasteiger partial charge in [-0.2, -0.15) is 0 Å². The summed E-state index contributed by atoms with van der Waals surface area (Å²) in [7, 11) is 0. The Balaban J connectivity index is 2.58. The number of likely N-dealkylation sites (tertiary alicyclic amines) is 1. The van der Waals surface area contributed by atoms with Gasteiger partial charge in [-0.15, -0.1) is 0 Å². The van der Waals surface area contributed by atoms with E-state index in [4.69, 9.17) is 0 Å². The lowest BCUT2D eigenvalue weighted by molar-refractivity contribution is 0.158. The van der Waals surface area contributed by atoms with E-state index in [1.807, 2.05) is 0 Å². The van der Waals surface area contributed by atoms with Crippen LogP contribution in [0.3, 0.4) is 0 Å². The number of hydrogen-bond donors (Lipinski definition) is 1. The van der Waals surface area contributed by atoms with E-state index in [9.17, 15) is 0 Å². The second-order valence-corrected chi connectivity index (χ2v) is 5.73. The van der Waals surface area contributed by atoms with Crippen LogP contribution in [0.2, 0.25) is 0 Å². The molecule has 0 spiro atoms. The average Bonchev–Trinajstić information content (AvgIpc) is 2.69. The zero-order valence-corrected chi connectivity index (χ0v) is 12.5. The van der Waals surface area contributed by atoms with Gasteiger partial charge in [-0.25, -0.2) is 0 Å². The number of nitrogens with one attached hydrogen (secondary N) is 1. The summed E-state index contributed by atoms with van der Waals surface area (Å²) in [6, 6.07) is 2.28. The minimum Gasteiger partial charge on any atom is -0.313 e. The monoisotopic (exact) mass is 240 g/mol.